The van der Waals surface area contributed by atoms with Crippen LogP contribution < -0.4 is 4.72 Å². The summed E-state index contributed by atoms with van der Waals surface area (Å²) in [4.78, 5) is 25.4. The number of fused-ring (bicyclic) bond motifs is 1. The molecule has 2 aliphatic rings. The van der Waals surface area contributed by atoms with E-state index in [9.17, 15) is 18.0 Å². The van der Waals surface area contributed by atoms with Crippen LogP contribution in [-0.2, 0) is 30.8 Å². The minimum Gasteiger partial charge on any atom is -0.454 e. The summed E-state index contributed by atoms with van der Waals surface area (Å²) in [6.07, 6.45) is 3.98. The molecule has 0 heterocycles. The number of sulfonamides is 1. The fraction of sp³-hybridized carbons (Fsp3) is 0.417. The third kappa shape index (κ3) is 4.72. The van der Waals surface area contributed by atoms with Gasteiger partial charge in [0.2, 0.25) is 15.8 Å². The molecule has 2 aromatic rings. The predicted molar refractivity (Wildman–Crippen MR) is 116 cm³/mol. The Kier molecular flexibility index (Phi) is 6.25. The third-order valence-corrected chi connectivity index (χ3v) is 7.69. The highest BCUT2D eigenvalue weighted by molar-refractivity contribution is 7.89. The topological polar surface area (TPSA) is 89.5 Å². The SMILES string of the molecule is Cc1ccc(S(=O)(=O)N[C@@H]2c3ccccc3C[C@@H]2OC(=O)C(=O)C2CCCCC2)cc1. The molecule has 0 aliphatic heterocycles. The van der Waals surface area contributed by atoms with E-state index in [1.807, 2.05) is 31.2 Å². The zero-order valence-electron chi connectivity index (χ0n) is 17.5. The van der Waals surface area contributed by atoms with Gasteiger partial charge in [-0.2, -0.15) is 4.72 Å². The number of rotatable bonds is 6. The zero-order chi connectivity index (χ0) is 22.0. The van der Waals surface area contributed by atoms with Crippen LogP contribution in [0.1, 0.15) is 54.8 Å². The molecule has 0 amide bonds. The Morgan fingerprint density at radius 1 is 0.968 bits per heavy atom. The molecule has 6 nitrogen and oxygen atoms in total. The van der Waals surface area contributed by atoms with E-state index in [0.29, 0.717) is 19.3 Å². The van der Waals surface area contributed by atoms with Gasteiger partial charge < -0.3 is 4.74 Å². The lowest BCUT2D eigenvalue weighted by atomic mass is 9.86. The second kappa shape index (κ2) is 8.93. The molecule has 164 valence electrons. The lowest BCUT2D eigenvalue weighted by molar-refractivity contribution is -0.160. The average Bonchev–Trinajstić information content (AvgIpc) is 3.10. The molecule has 2 atom stereocenters. The van der Waals surface area contributed by atoms with Gasteiger partial charge >= 0.3 is 5.97 Å². The van der Waals surface area contributed by atoms with E-state index in [0.717, 1.165) is 36.0 Å². The summed E-state index contributed by atoms with van der Waals surface area (Å²) < 4.78 is 34.3. The van der Waals surface area contributed by atoms with Gasteiger partial charge in [-0.15, -0.1) is 0 Å². The van der Waals surface area contributed by atoms with Crippen molar-refractivity contribution in [1.82, 2.24) is 4.72 Å². The lowest BCUT2D eigenvalue weighted by Gasteiger charge is -2.24. The Balaban J connectivity index is 1.55. The highest BCUT2D eigenvalue weighted by Gasteiger charge is 2.40. The average molecular weight is 442 g/mol. The maximum absolute atomic E-state index is 13.0. The molecule has 0 aromatic heterocycles. The van der Waals surface area contributed by atoms with Crippen LogP contribution in [0.4, 0.5) is 0 Å². The van der Waals surface area contributed by atoms with Gasteiger partial charge in [-0.1, -0.05) is 61.2 Å². The summed E-state index contributed by atoms with van der Waals surface area (Å²) in [5, 5.41) is 0. The van der Waals surface area contributed by atoms with Crippen molar-refractivity contribution in [3.8, 4) is 0 Å². The normalized spacial score (nSPS) is 21.5. The Labute approximate surface area is 183 Å². The number of ketones is 1. The van der Waals surface area contributed by atoms with Crippen LogP contribution in [0.25, 0.3) is 0 Å². The zero-order valence-corrected chi connectivity index (χ0v) is 18.4. The molecule has 0 radical (unpaired) electrons. The van der Waals surface area contributed by atoms with Gasteiger partial charge in [-0.25, -0.2) is 13.2 Å². The van der Waals surface area contributed by atoms with Crippen LogP contribution in [0.3, 0.4) is 0 Å². The van der Waals surface area contributed by atoms with E-state index in [4.69, 9.17) is 4.74 Å². The predicted octanol–water partition coefficient (Wildman–Crippen LogP) is 3.63. The molecule has 4 rings (SSSR count). The minimum absolute atomic E-state index is 0.144. The molecule has 0 saturated heterocycles. The molecule has 7 heteroatoms. The number of carbonyl (C=O) groups is 2. The molecule has 0 bridgehead atoms. The number of aryl methyl sites for hydroxylation is 1. The van der Waals surface area contributed by atoms with E-state index < -0.39 is 33.9 Å². The van der Waals surface area contributed by atoms with Crippen LogP contribution in [0.5, 0.6) is 0 Å². The third-order valence-electron chi connectivity index (χ3n) is 6.23. The van der Waals surface area contributed by atoms with Crippen molar-refractivity contribution >= 4 is 21.8 Å². The highest BCUT2D eigenvalue weighted by atomic mass is 32.2. The summed E-state index contributed by atoms with van der Waals surface area (Å²) >= 11 is 0. The van der Waals surface area contributed by atoms with E-state index in [1.54, 1.807) is 24.3 Å². The van der Waals surface area contributed by atoms with Gasteiger partial charge in [0.1, 0.15) is 6.10 Å². The second-order valence-electron chi connectivity index (χ2n) is 8.46. The molecule has 1 fully saturated rings. The van der Waals surface area contributed by atoms with Gasteiger partial charge in [0.15, 0.2) is 0 Å². The first kappa shape index (κ1) is 21.7. The van der Waals surface area contributed by atoms with E-state index >= 15 is 0 Å². The number of Topliss-reactive ketones (excluding diaryl/α,β-unsaturated/α-hetero) is 1. The molecule has 1 N–H and O–H groups in total. The van der Waals surface area contributed by atoms with E-state index in [2.05, 4.69) is 4.72 Å². The van der Waals surface area contributed by atoms with Gasteiger partial charge in [0.25, 0.3) is 0 Å². The molecule has 2 aliphatic carbocycles. The molecule has 2 aromatic carbocycles. The van der Waals surface area contributed by atoms with E-state index in [-0.39, 0.29) is 10.8 Å². The van der Waals surface area contributed by atoms with Crippen LogP contribution in [0.15, 0.2) is 53.4 Å². The van der Waals surface area contributed by atoms with Crippen molar-refractivity contribution in [3.63, 3.8) is 0 Å². The molecule has 1 saturated carbocycles. The number of carbonyl (C=O) groups excluding carboxylic acids is 2. The van der Waals surface area contributed by atoms with Crippen molar-refractivity contribution in [2.24, 2.45) is 5.92 Å². The second-order valence-corrected chi connectivity index (χ2v) is 10.2. The lowest BCUT2D eigenvalue weighted by Crippen LogP contribution is -2.38. The van der Waals surface area contributed by atoms with Crippen molar-refractivity contribution in [1.29, 1.82) is 0 Å². The first-order valence-corrected chi connectivity index (χ1v) is 12.2. The summed E-state index contributed by atoms with van der Waals surface area (Å²) in [5.41, 5.74) is 2.63. The van der Waals surface area contributed by atoms with Crippen molar-refractivity contribution < 1.29 is 22.7 Å². The molecule has 31 heavy (non-hydrogen) atoms. The van der Waals surface area contributed by atoms with Crippen LogP contribution in [0, 0.1) is 12.8 Å². The van der Waals surface area contributed by atoms with Crippen LogP contribution in [-0.4, -0.2) is 26.3 Å². The summed E-state index contributed by atoms with van der Waals surface area (Å²) in [7, 11) is -3.84. The summed E-state index contributed by atoms with van der Waals surface area (Å²) in [6, 6.07) is 13.2. The largest absolute Gasteiger partial charge is 0.454 e. The number of esters is 1. The van der Waals surface area contributed by atoms with Crippen LogP contribution in [0.2, 0.25) is 0 Å². The Morgan fingerprint density at radius 2 is 1.65 bits per heavy atom. The summed E-state index contributed by atoms with van der Waals surface area (Å²) in [5.74, 6) is -1.63. The number of ether oxygens (including phenoxy) is 1. The van der Waals surface area contributed by atoms with Crippen molar-refractivity contribution in [2.45, 2.75) is 62.5 Å². The van der Waals surface area contributed by atoms with Crippen LogP contribution >= 0.6 is 0 Å². The van der Waals surface area contributed by atoms with Crippen molar-refractivity contribution in [2.75, 3.05) is 0 Å². The first-order valence-electron chi connectivity index (χ1n) is 10.8. The first-order chi connectivity index (χ1) is 14.8. The Bertz CT molecular complexity index is 1070. The molecule has 0 spiro atoms. The van der Waals surface area contributed by atoms with Gasteiger partial charge in [-0.05, 0) is 43.0 Å². The van der Waals surface area contributed by atoms with Gasteiger partial charge in [-0.3, -0.25) is 4.79 Å². The Morgan fingerprint density at radius 3 is 2.35 bits per heavy atom. The fourth-order valence-electron chi connectivity index (χ4n) is 4.49. The molecule has 0 unspecified atom stereocenters. The standard InChI is InChI=1S/C24H27NO5S/c1-16-11-13-19(14-12-16)31(28,29)25-22-20-10-6-5-9-18(20)15-21(22)30-24(27)23(26)17-7-3-2-4-8-17/h5-6,9-14,17,21-22,25H,2-4,7-8,15H2,1H3/t21-,22+/m0/s1. The van der Waals surface area contributed by atoms with Gasteiger partial charge in [0, 0.05) is 12.3 Å². The Hall–Kier alpha value is -2.51. The molecular formula is C24H27NO5S. The minimum atomic E-state index is -3.84. The monoisotopic (exact) mass is 441 g/mol. The van der Waals surface area contributed by atoms with Gasteiger partial charge in [0.05, 0.1) is 10.9 Å². The summed E-state index contributed by atoms with van der Waals surface area (Å²) in [6.45, 7) is 1.88. The highest BCUT2D eigenvalue weighted by Crippen LogP contribution is 2.35. The number of benzene rings is 2. The number of hydrogen-bond acceptors (Lipinski definition) is 5. The smallest absolute Gasteiger partial charge is 0.375 e. The number of nitrogens with one attached hydrogen (secondary N) is 1. The quantitative estimate of drug-likeness (QED) is 0.546. The number of hydrogen-bond donors (Lipinski definition) is 1. The van der Waals surface area contributed by atoms with Crippen molar-refractivity contribution in [3.05, 3.63) is 65.2 Å². The molecular weight excluding hydrogens is 414 g/mol. The maximum atomic E-state index is 13.0. The maximum Gasteiger partial charge on any atom is 0.375 e. The van der Waals surface area contributed by atoms with E-state index in [1.165, 1.54) is 0 Å². The fourth-order valence-corrected chi connectivity index (χ4v) is 5.73.